The molecule has 1 saturated carbocycles. The Bertz CT molecular complexity index is 505. The molecule has 0 amide bonds. The van der Waals surface area contributed by atoms with E-state index in [1.165, 1.54) is 12.8 Å². The van der Waals surface area contributed by atoms with E-state index in [4.69, 9.17) is 9.84 Å². The molecule has 94 valence electrons. The molecule has 0 heterocycles. The molecular formula is C13H12O4S. The van der Waals surface area contributed by atoms with Gasteiger partial charge in [-0.05, 0) is 36.8 Å². The SMILES string of the molecule is O=C(O)C(=S)C(=O)Oc1ccccc1CC1CC1. The van der Waals surface area contributed by atoms with Crippen LogP contribution in [0.4, 0.5) is 0 Å². The minimum atomic E-state index is -1.44. The highest BCUT2D eigenvalue weighted by atomic mass is 32.1. The first-order chi connectivity index (χ1) is 8.58. The van der Waals surface area contributed by atoms with Gasteiger partial charge in [-0.3, -0.25) is 0 Å². The number of carboxylic acids is 1. The van der Waals surface area contributed by atoms with Gasteiger partial charge in [0.15, 0.2) is 0 Å². The quantitative estimate of drug-likeness (QED) is 0.381. The number of carbonyl (C=O) groups excluding carboxylic acids is 1. The number of para-hydroxylation sites is 1. The monoisotopic (exact) mass is 264 g/mol. The fourth-order valence-electron chi connectivity index (χ4n) is 1.64. The van der Waals surface area contributed by atoms with Crippen LogP contribution in [0.25, 0.3) is 0 Å². The topological polar surface area (TPSA) is 63.6 Å². The van der Waals surface area contributed by atoms with Crippen LogP contribution >= 0.6 is 12.2 Å². The van der Waals surface area contributed by atoms with Crippen molar-refractivity contribution in [3.8, 4) is 5.75 Å². The van der Waals surface area contributed by atoms with Gasteiger partial charge in [0.2, 0.25) is 4.86 Å². The fraction of sp³-hybridized carbons (Fsp3) is 0.308. The first-order valence-electron chi connectivity index (χ1n) is 5.65. The number of thiocarbonyl (C=S) groups is 1. The Morgan fingerprint density at radius 2 is 2.00 bits per heavy atom. The molecule has 0 unspecified atom stereocenters. The highest BCUT2D eigenvalue weighted by Gasteiger charge is 2.24. The summed E-state index contributed by atoms with van der Waals surface area (Å²) >= 11 is 4.47. The van der Waals surface area contributed by atoms with E-state index in [1.54, 1.807) is 12.1 Å². The second-order valence-corrected chi connectivity index (χ2v) is 4.69. The number of rotatable bonds is 5. The third-order valence-electron chi connectivity index (χ3n) is 2.76. The van der Waals surface area contributed by atoms with Crippen molar-refractivity contribution < 1.29 is 19.4 Å². The number of ether oxygens (including phenoxy) is 1. The van der Waals surface area contributed by atoms with Gasteiger partial charge in [0.25, 0.3) is 0 Å². The average molecular weight is 264 g/mol. The zero-order valence-electron chi connectivity index (χ0n) is 9.59. The molecule has 1 N–H and O–H groups in total. The second-order valence-electron chi connectivity index (χ2n) is 4.28. The predicted molar refractivity (Wildman–Crippen MR) is 68.7 cm³/mol. The van der Waals surface area contributed by atoms with Crippen LogP contribution in [0.5, 0.6) is 5.75 Å². The Kier molecular flexibility index (Phi) is 3.72. The molecule has 1 aliphatic carbocycles. The first-order valence-corrected chi connectivity index (χ1v) is 6.06. The molecule has 0 spiro atoms. The predicted octanol–water partition coefficient (Wildman–Crippen LogP) is 2.00. The van der Waals surface area contributed by atoms with Crippen LogP contribution in [-0.4, -0.2) is 21.9 Å². The zero-order valence-corrected chi connectivity index (χ0v) is 10.4. The van der Waals surface area contributed by atoms with Crippen LogP contribution in [0.15, 0.2) is 24.3 Å². The fourth-order valence-corrected chi connectivity index (χ4v) is 1.68. The molecule has 0 bridgehead atoms. The molecule has 1 aromatic carbocycles. The van der Waals surface area contributed by atoms with Gasteiger partial charge >= 0.3 is 11.9 Å². The summed E-state index contributed by atoms with van der Waals surface area (Å²) in [5.41, 5.74) is 0.918. The summed E-state index contributed by atoms with van der Waals surface area (Å²) in [5.74, 6) is -1.37. The van der Waals surface area contributed by atoms with E-state index >= 15 is 0 Å². The summed E-state index contributed by atoms with van der Waals surface area (Å²) in [6, 6.07) is 7.14. The third kappa shape index (κ3) is 3.13. The largest absolute Gasteiger partial charge is 0.477 e. The summed E-state index contributed by atoms with van der Waals surface area (Å²) in [4.78, 5) is 21.3. The van der Waals surface area contributed by atoms with Gasteiger partial charge < -0.3 is 9.84 Å². The molecule has 2 rings (SSSR count). The summed E-state index contributed by atoms with van der Waals surface area (Å²) < 4.78 is 5.04. The van der Waals surface area contributed by atoms with Crippen molar-refractivity contribution in [1.82, 2.24) is 0 Å². The molecule has 0 atom stereocenters. The van der Waals surface area contributed by atoms with E-state index in [0.717, 1.165) is 12.0 Å². The average Bonchev–Trinajstić information content (AvgIpc) is 3.14. The van der Waals surface area contributed by atoms with Crippen LogP contribution in [0.2, 0.25) is 0 Å². The Balaban J connectivity index is 2.10. The van der Waals surface area contributed by atoms with Crippen molar-refractivity contribution in [2.45, 2.75) is 19.3 Å². The number of benzene rings is 1. The number of carboxylic acid groups (broad SMARTS) is 1. The number of aliphatic carboxylic acids is 1. The van der Waals surface area contributed by atoms with Crippen molar-refractivity contribution in [3.63, 3.8) is 0 Å². The highest BCUT2D eigenvalue weighted by molar-refractivity contribution is 7.83. The number of esters is 1. The molecule has 0 aromatic heterocycles. The highest BCUT2D eigenvalue weighted by Crippen LogP contribution is 2.35. The summed E-state index contributed by atoms with van der Waals surface area (Å²) in [5, 5.41) is 8.61. The molecule has 4 nitrogen and oxygen atoms in total. The molecule has 1 aliphatic rings. The van der Waals surface area contributed by atoms with Crippen molar-refractivity contribution in [2.24, 2.45) is 5.92 Å². The first kappa shape index (κ1) is 12.7. The van der Waals surface area contributed by atoms with Crippen LogP contribution in [0.3, 0.4) is 0 Å². The zero-order chi connectivity index (χ0) is 13.1. The van der Waals surface area contributed by atoms with Crippen LogP contribution in [0.1, 0.15) is 18.4 Å². The lowest BCUT2D eigenvalue weighted by atomic mass is 10.1. The number of carbonyl (C=O) groups is 2. The molecule has 1 fully saturated rings. The van der Waals surface area contributed by atoms with Crippen LogP contribution in [-0.2, 0) is 16.0 Å². The maximum atomic E-state index is 11.5. The maximum absolute atomic E-state index is 11.5. The van der Waals surface area contributed by atoms with Crippen molar-refractivity contribution in [2.75, 3.05) is 0 Å². The van der Waals surface area contributed by atoms with Gasteiger partial charge in [-0.1, -0.05) is 30.4 Å². The lowest BCUT2D eigenvalue weighted by Gasteiger charge is -2.08. The van der Waals surface area contributed by atoms with E-state index in [9.17, 15) is 9.59 Å². The lowest BCUT2D eigenvalue weighted by molar-refractivity contribution is -0.132. The summed E-state index contributed by atoms with van der Waals surface area (Å²) in [6.07, 6.45) is 3.23. The normalized spacial score (nSPS) is 14.0. The number of hydrogen-bond acceptors (Lipinski definition) is 4. The van der Waals surface area contributed by atoms with E-state index in [0.29, 0.717) is 11.7 Å². The summed E-state index contributed by atoms with van der Waals surface area (Å²) in [6.45, 7) is 0. The minimum Gasteiger partial charge on any atom is -0.477 e. The molecule has 5 heteroatoms. The van der Waals surface area contributed by atoms with Crippen LogP contribution in [0, 0.1) is 5.92 Å². The maximum Gasteiger partial charge on any atom is 0.362 e. The molecule has 18 heavy (non-hydrogen) atoms. The van der Waals surface area contributed by atoms with Gasteiger partial charge in [0.1, 0.15) is 5.75 Å². The Morgan fingerprint density at radius 3 is 2.61 bits per heavy atom. The third-order valence-corrected chi connectivity index (χ3v) is 3.10. The van der Waals surface area contributed by atoms with E-state index in [2.05, 4.69) is 12.2 Å². The Labute approximate surface area is 110 Å². The Hall–Kier alpha value is -1.75. The van der Waals surface area contributed by atoms with Crippen molar-refractivity contribution in [1.29, 1.82) is 0 Å². The van der Waals surface area contributed by atoms with Gasteiger partial charge in [0, 0.05) is 0 Å². The molecule has 0 aliphatic heterocycles. The van der Waals surface area contributed by atoms with E-state index in [-0.39, 0.29) is 0 Å². The van der Waals surface area contributed by atoms with Gasteiger partial charge in [-0.15, -0.1) is 0 Å². The van der Waals surface area contributed by atoms with Crippen molar-refractivity contribution in [3.05, 3.63) is 29.8 Å². The van der Waals surface area contributed by atoms with Gasteiger partial charge in [-0.2, -0.15) is 0 Å². The number of hydrogen-bond donors (Lipinski definition) is 1. The lowest BCUT2D eigenvalue weighted by Crippen LogP contribution is -2.26. The summed E-state index contributed by atoms with van der Waals surface area (Å²) in [7, 11) is 0. The van der Waals surface area contributed by atoms with Gasteiger partial charge in [-0.25, -0.2) is 9.59 Å². The molecular weight excluding hydrogens is 252 g/mol. The molecule has 0 radical (unpaired) electrons. The second kappa shape index (κ2) is 5.27. The van der Waals surface area contributed by atoms with Gasteiger partial charge in [0.05, 0.1) is 0 Å². The smallest absolute Gasteiger partial charge is 0.362 e. The van der Waals surface area contributed by atoms with Crippen molar-refractivity contribution >= 4 is 29.0 Å². The molecule has 1 aromatic rings. The molecule has 0 saturated heterocycles. The van der Waals surface area contributed by atoms with E-state index < -0.39 is 16.8 Å². The Morgan fingerprint density at radius 1 is 1.33 bits per heavy atom. The van der Waals surface area contributed by atoms with Crippen LogP contribution < -0.4 is 4.74 Å². The standard InChI is InChI=1S/C13H12O4S/c14-12(15)11(18)13(16)17-10-4-2-1-3-9(10)7-8-5-6-8/h1-4,8H,5-7H2,(H,14,15). The van der Waals surface area contributed by atoms with E-state index in [1.807, 2.05) is 12.1 Å². The minimum absolute atomic E-state index is 0.401.